The Labute approximate surface area is 199 Å². The van der Waals surface area contributed by atoms with Crippen molar-refractivity contribution in [2.75, 3.05) is 11.1 Å². The van der Waals surface area contributed by atoms with Gasteiger partial charge in [-0.1, -0.05) is 36.0 Å². The van der Waals surface area contributed by atoms with Gasteiger partial charge in [0.25, 0.3) is 0 Å². The third-order valence-electron chi connectivity index (χ3n) is 4.99. The molecule has 0 aliphatic rings. The first-order chi connectivity index (χ1) is 16.0. The van der Waals surface area contributed by atoms with Crippen molar-refractivity contribution < 1.29 is 9.18 Å². The number of nitrogens with one attached hydrogen (secondary N) is 3. The van der Waals surface area contributed by atoms with Crippen LogP contribution in [0.15, 0.2) is 75.0 Å². The van der Waals surface area contributed by atoms with Crippen LogP contribution in [0, 0.1) is 5.82 Å². The number of aromatic nitrogens is 4. The lowest BCUT2D eigenvalue weighted by molar-refractivity contribution is -0.113. The van der Waals surface area contributed by atoms with Gasteiger partial charge in [0.15, 0.2) is 0 Å². The van der Waals surface area contributed by atoms with Gasteiger partial charge in [0.05, 0.1) is 22.5 Å². The van der Waals surface area contributed by atoms with E-state index in [1.165, 1.54) is 23.9 Å². The van der Waals surface area contributed by atoms with Crippen molar-refractivity contribution in [1.82, 2.24) is 20.2 Å². The smallest absolute Gasteiger partial charge is 0.323 e. The van der Waals surface area contributed by atoms with E-state index in [4.69, 9.17) is 0 Å². The molecular formula is C23H15BrFN5O2S. The van der Waals surface area contributed by atoms with E-state index < -0.39 is 0 Å². The summed E-state index contributed by atoms with van der Waals surface area (Å²) in [5.41, 5.74) is 2.88. The van der Waals surface area contributed by atoms with Gasteiger partial charge >= 0.3 is 5.69 Å². The fraction of sp³-hybridized carbons (Fsp3) is 0.0435. The first kappa shape index (κ1) is 21.4. The molecule has 0 fully saturated rings. The first-order valence-corrected chi connectivity index (χ1v) is 11.6. The van der Waals surface area contributed by atoms with Gasteiger partial charge < -0.3 is 15.3 Å². The van der Waals surface area contributed by atoms with E-state index in [1.54, 1.807) is 24.3 Å². The summed E-state index contributed by atoms with van der Waals surface area (Å²) in [6, 6.07) is 17.2. The van der Waals surface area contributed by atoms with Crippen LogP contribution in [-0.2, 0) is 4.79 Å². The maximum absolute atomic E-state index is 13.3. The van der Waals surface area contributed by atoms with Crippen molar-refractivity contribution in [2.24, 2.45) is 0 Å². The highest BCUT2D eigenvalue weighted by Crippen LogP contribution is 2.32. The molecule has 0 radical (unpaired) electrons. The molecule has 164 valence electrons. The summed E-state index contributed by atoms with van der Waals surface area (Å²) in [5.74, 6) is -0.433. The van der Waals surface area contributed by atoms with Crippen molar-refractivity contribution in [1.29, 1.82) is 0 Å². The molecule has 0 aliphatic heterocycles. The SMILES string of the molecule is O=C(CSc1nnc(-c2ccc(F)cc2)c2ccccc12)Nc1cc2[nH]c(=O)[nH]c2cc1Br. The molecule has 3 aromatic carbocycles. The molecule has 2 aromatic heterocycles. The third-order valence-corrected chi connectivity index (χ3v) is 6.63. The van der Waals surface area contributed by atoms with Gasteiger partial charge in [-0.3, -0.25) is 4.79 Å². The van der Waals surface area contributed by atoms with E-state index in [9.17, 15) is 14.0 Å². The van der Waals surface area contributed by atoms with Crippen LogP contribution in [0.4, 0.5) is 10.1 Å². The lowest BCUT2D eigenvalue weighted by Crippen LogP contribution is -2.14. The number of hydrogen-bond acceptors (Lipinski definition) is 5. The Kier molecular flexibility index (Phi) is 5.69. The molecule has 0 saturated heterocycles. The molecule has 0 bridgehead atoms. The zero-order valence-corrected chi connectivity index (χ0v) is 19.3. The minimum atomic E-state index is -0.317. The molecule has 0 spiro atoms. The largest absolute Gasteiger partial charge is 0.324 e. The van der Waals surface area contributed by atoms with Gasteiger partial charge in [0.1, 0.15) is 16.5 Å². The van der Waals surface area contributed by atoms with Crippen LogP contribution in [-0.4, -0.2) is 31.8 Å². The number of imidazole rings is 1. The summed E-state index contributed by atoms with van der Waals surface area (Å²) >= 11 is 4.69. The van der Waals surface area contributed by atoms with Crippen LogP contribution < -0.4 is 11.0 Å². The van der Waals surface area contributed by atoms with Crippen LogP contribution >= 0.6 is 27.7 Å². The van der Waals surface area contributed by atoms with Gasteiger partial charge in [0, 0.05) is 20.8 Å². The van der Waals surface area contributed by atoms with Gasteiger partial charge in [-0.2, -0.15) is 0 Å². The topological polar surface area (TPSA) is 104 Å². The summed E-state index contributed by atoms with van der Waals surface area (Å²) in [4.78, 5) is 29.4. The summed E-state index contributed by atoms with van der Waals surface area (Å²) in [6.07, 6.45) is 0. The number of amides is 1. The molecule has 0 atom stereocenters. The van der Waals surface area contributed by atoms with Gasteiger partial charge in [-0.15, -0.1) is 10.2 Å². The molecule has 5 rings (SSSR count). The molecule has 3 N–H and O–H groups in total. The van der Waals surface area contributed by atoms with Crippen molar-refractivity contribution in [3.05, 3.63) is 81.4 Å². The zero-order valence-electron chi connectivity index (χ0n) is 16.9. The molecule has 33 heavy (non-hydrogen) atoms. The monoisotopic (exact) mass is 523 g/mol. The number of halogens is 2. The highest BCUT2D eigenvalue weighted by molar-refractivity contribution is 9.10. The molecule has 10 heteroatoms. The Bertz CT molecular complexity index is 1570. The summed E-state index contributed by atoms with van der Waals surface area (Å²) in [7, 11) is 0. The van der Waals surface area contributed by atoms with Gasteiger partial charge in [-0.05, 0) is 52.3 Å². The van der Waals surface area contributed by atoms with Crippen molar-refractivity contribution >= 4 is 61.1 Å². The van der Waals surface area contributed by atoms with Crippen LogP contribution in [0.25, 0.3) is 33.1 Å². The van der Waals surface area contributed by atoms with Crippen LogP contribution in [0.5, 0.6) is 0 Å². The number of fused-ring (bicyclic) bond motifs is 2. The minimum absolute atomic E-state index is 0.114. The van der Waals surface area contributed by atoms with Gasteiger partial charge in [0.2, 0.25) is 5.91 Å². The van der Waals surface area contributed by atoms with Crippen molar-refractivity contribution in [3.8, 4) is 11.3 Å². The van der Waals surface area contributed by atoms with Crippen LogP contribution in [0.3, 0.4) is 0 Å². The number of thioether (sulfide) groups is 1. The highest BCUT2D eigenvalue weighted by Gasteiger charge is 2.14. The average Bonchev–Trinajstić information content (AvgIpc) is 3.17. The second kappa shape index (κ2) is 8.80. The lowest BCUT2D eigenvalue weighted by Gasteiger charge is -2.10. The van der Waals surface area contributed by atoms with Crippen LogP contribution in [0.1, 0.15) is 0 Å². The average molecular weight is 524 g/mol. The number of anilines is 1. The van der Waals surface area contributed by atoms with Gasteiger partial charge in [-0.25, -0.2) is 9.18 Å². The second-order valence-electron chi connectivity index (χ2n) is 7.20. The molecule has 0 unspecified atom stereocenters. The van der Waals surface area contributed by atoms with E-state index in [2.05, 4.69) is 41.4 Å². The predicted octanol–water partition coefficient (Wildman–Crippen LogP) is 5.10. The van der Waals surface area contributed by atoms with E-state index in [0.717, 1.165) is 16.3 Å². The molecule has 5 aromatic rings. The maximum atomic E-state index is 13.3. The standard InChI is InChI=1S/C23H15BrFN5O2S/c24-16-9-18-19(28-23(32)27-18)10-17(16)26-20(31)11-33-22-15-4-2-1-3-14(15)21(29-30-22)12-5-7-13(25)8-6-12/h1-10H,11H2,(H,26,31)(H2,27,28,32). The minimum Gasteiger partial charge on any atom is -0.324 e. The van der Waals surface area contributed by atoms with Crippen molar-refractivity contribution in [3.63, 3.8) is 0 Å². The summed E-state index contributed by atoms with van der Waals surface area (Å²) in [5, 5.41) is 13.9. The second-order valence-corrected chi connectivity index (χ2v) is 9.02. The highest BCUT2D eigenvalue weighted by atomic mass is 79.9. The quantitative estimate of drug-likeness (QED) is 0.278. The van der Waals surface area contributed by atoms with Crippen LogP contribution in [0.2, 0.25) is 0 Å². The fourth-order valence-electron chi connectivity index (χ4n) is 3.48. The number of aromatic amines is 2. The normalized spacial score (nSPS) is 11.2. The number of hydrogen-bond donors (Lipinski definition) is 3. The first-order valence-electron chi connectivity index (χ1n) is 9.83. The molecule has 7 nitrogen and oxygen atoms in total. The van der Waals surface area contributed by atoms with E-state index in [1.807, 2.05) is 24.3 Å². The Morgan fingerprint density at radius 2 is 1.70 bits per heavy atom. The maximum Gasteiger partial charge on any atom is 0.323 e. The number of H-pyrrole nitrogens is 2. The van der Waals surface area contributed by atoms with E-state index in [-0.39, 0.29) is 23.2 Å². The van der Waals surface area contributed by atoms with E-state index in [0.29, 0.717) is 31.9 Å². The van der Waals surface area contributed by atoms with E-state index >= 15 is 0 Å². The number of benzene rings is 3. The Morgan fingerprint density at radius 1 is 1.00 bits per heavy atom. The Balaban J connectivity index is 1.37. The van der Waals surface area contributed by atoms with Crippen molar-refractivity contribution in [2.45, 2.75) is 5.03 Å². The lowest BCUT2D eigenvalue weighted by atomic mass is 10.1. The number of carbonyl (C=O) groups excluding carboxylic acids is 1. The Hall–Kier alpha value is -3.50. The Morgan fingerprint density at radius 3 is 2.45 bits per heavy atom. The summed E-state index contributed by atoms with van der Waals surface area (Å²) in [6.45, 7) is 0. The molecule has 0 aliphatic carbocycles. The fourth-order valence-corrected chi connectivity index (χ4v) is 4.69. The molecule has 1 amide bonds. The number of nitrogens with zero attached hydrogens (tertiary/aromatic N) is 2. The molecule has 2 heterocycles. The third kappa shape index (κ3) is 4.39. The number of carbonyl (C=O) groups is 1. The summed E-state index contributed by atoms with van der Waals surface area (Å²) < 4.78 is 14.0. The predicted molar refractivity (Wildman–Crippen MR) is 131 cm³/mol. The number of rotatable bonds is 5. The molecule has 0 saturated carbocycles. The zero-order chi connectivity index (χ0) is 22.9. The molecular weight excluding hydrogens is 509 g/mol.